The van der Waals surface area contributed by atoms with E-state index in [4.69, 9.17) is 14.2 Å². The Morgan fingerprint density at radius 2 is 1.43 bits per heavy atom. The number of amides is 1. The summed E-state index contributed by atoms with van der Waals surface area (Å²) in [5, 5.41) is 3.01. The van der Waals surface area contributed by atoms with Gasteiger partial charge in [0.15, 0.2) is 6.04 Å². The van der Waals surface area contributed by atoms with E-state index in [1.165, 1.54) is 9.80 Å². The van der Waals surface area contributed by atoms with Crippen molar-refractivity contribution >= 4 is 11.6 Å². The van der Waals surface area contributed by atoms with Crippen molar-refractivity contribution in [2.45, 2.75) is 13.0 Å². The summed E-state index contributed by atoms with van der Waals surface area (Å²) < 4.78 is 16.2. The van der Waals surface area contributed by atoms with Crippen molar-refractivity contribution in [1.29, 1.82) is 0 Å². The Bertz CT molecular complexity index is 787. The molecular formula is C23H33N3O4+2. The molecule has 0 bridgehead atoms. The van der Waals surface area contributed by atoms with Gasteiger partial charge in [-0.25, -0.2) is 0 Å². The Hall–Kier alpha value is -2.77. The number of hydrogen-bond donors (Lipinski definition) is 3. The van der Waals surface area contributed by atoms with E-state index in [0.717, 1.165) is 55.7 Å². The second-order valence-electron chi connectivity index (χ2n) is 7.62. The number of nitrogens with one attached hydrogen (secondary N) is 3. The lowest BCUT2D eigenvalue weighted by Crippen LogP contribution is -3.30. The molecule has 1 aliphatic heterocycles. The molecule has 0 aliphatic carbocycles. The molecule has 0 spiro atoms. The van der Waals surface area contributed by atoms with Crippen LogP contribution in [-0.4, -0.2) is 65.5 Å². The fourth-order valence-electron chi connectivity index (χ4n) is 3.70. The highest BCUT2D eigenvalue weighted by Crippen LogP contribution is 2.16. The second kappa shape index (κ2) is 10.8. The molecule has 1 heterocycles. The number of piperazine rings is 1. The van der Waals surface area contributed by atoms with Gasteiger partial charge in [0.05, 0.1) is 14.2 Å². The zero-order valence-electron chi connectivity index (χ0n) is 18.1. The number of hydrogen-bond acceptors (Lipinski definition) is 4. The third-order valence-electron chi connectivity index (χ3n) is 5.75. The van der Waals surface area contributed by atoms with Crippen LogP contribution in [-0.2, 0) is 4.79 Å². The number of carbonyl (C=O) groups is 1. The fraction of sp³-hybridized carbons (Fsp3) is 0.435. The maximum Gasteiger partial charge on any atom is 0.282 e. The van der Waals surface area contributed by atoms with E-state index in [9.17, 15) is 4.79 Å². The molecule has 1 aliphatic rings. The number of benzene rings is 2. The molecule has 0 radical (unpaired) electrons. The normalized spacial score (nSPS) is 19.6. The number of ether oxygens (including phenoxy) is 3. The van der Waals surface area contributed by atoms with Crippen molar-refractivity contribution in [3.05, 3.63) is 48.5 Å². The molecule has 0 saturated carbocycles. The SMILES string of the molecule is COc1ccc(NC(=O)[C@@H](C)[NH+]2CC[NH+](CCOc3ccc(OC)cc3)CC2)cc1. The van der Waals surface area contributed by atoms with E-state index >= 15 is 0 Å². The summed E-state index contributed by atoms with van der Waals surface area (Å²) in [6.45, 7) is 7.70. The molecule has 1 saturated heterocycles. The molecule has 3 rings (SSSR count). The summed E-state index contributed by atoms with van der Waals surface area (Å²) in [5.74, 6) is 2.53. The maximum atomic E-state index is 12.6. The Labute approximate surface area is 178 Å². The Balaban J connectivity index is 1.37. The lowest BCUT2D eigenvalue weighted by atomic mass is 10.2. The van der Waals surface area contributed by atoms with Gasteiger partial charge in [0.1, 0.15) is 56.6 Å². The molecule has 1 atom stereocenters. The highest BCUT2D eigenvalue weighted by atomic mass is 16.5. The van der Waals surface area contributed by atoms with Crippen molar-refractivity contribution in [3.63, 3.8) is 0 Å². The predicted molar refractivity (Wildman–Crippen MR) is 116 cm³/mol. The average molecular weight is 416 g/mol. The molecule has 2 aromatic rings. The third-order valence-corrected chi connectivity index (χ3v) is 5.75. The molecule has 1 amide bonds. The third kappa shape index (κ3) is 6.11. The molecule has 162 valence electrons. The van der Waals surface area contributed by atoms with Gasteiger partial charge >= 0.3 is 0 Å². The summed E-state index contributed by atoms with van der Waals surface area (Å²) in [4.78, 5) is 15.5. The number of anilines is 1. The minimum Gasteiger partial charge on any atom is -0.497 e. The van der Waals surface area contributed by atoms with Crippen molar-refractivity contribution in [2.24, 2.45) is 0 Å². The lowest BCUT2D eigenvalue weighted by Gasteiger charge is -2.32. The van der Waals surface area contributed by atoms with E-state index in [-0.39, 0.29) is 11.9 Å². The quantitative estimate of drug-likeness (QED) is 0.535. The van der Waals surface area contributed by atoms with Crippen LogP contribution in [0.4, 0.5) is 5.69 Å². The van der Waals surface area contributed by atoms with Gasteiger partial charge in [-0.15, -0.1) is 0 Å². The molecule has 1 fully saturated rings. The minimum atomic E-state index is -0.0794. The summed E-state index contributed by atoms with van der Waals surface area (Å²) in [5.41, 5.74) is 0.798. The minimum absolute atomic E-state index is 0.0569. The first kappa shape index (κ1) is 21.9. The van der Waals surface area contributed by atoms with Crippen LogP contribution in [0.2, 0.25) is 0 Å². The monoisotopic (exact) mass is 415 g/mol. The summed E-state index contributed by atoms with van der Waals surface area (Å²) in [6.07, 6.45) is 0. The van der Waals surface area contributed by atoms with Crippen LogP contribution in [0.5, 0.6) is 17.2 Å². The molecular weight excluding hydrogens is 382 g/mol. The molecule has 2 aromatic carbocycles. The maximum absolute atomic E-state index is 12.6. The molecule has 30 heavy (non-hydrogen) atoms. The highest BCUT2D eigenvalue weighted by molar-refractivity contribution is 5.93. The first-order valence-electron chi connectivity index (χ1n) is 10.5. The average Bonchev–Trinajstić information content (AvgIpc) is 2.80. The van der Waals surface area contributed by atoms with Crippen LogP contribution in [0.15, 0.2) is 48.5 Å². The van der Waals surface area contributed by atoms with Crippen molar-refractivity contribution < 1.29 is 28.8 Å². The van der Waals surface area contributed by atoms with Gasteiger partial charge in [0, 0.05) is 5.69 Å². The van der Waals surface area contributed by atoms with E-state index < -0.39 is 0 Å². The van der Waals surface area contributed by atoms with Gasteiger partial charge in [-0.05, 0) is 55.5 Å². The van der Waals surface area contributed by atoms with Crippen LogP contribution in [0, 0.1) is 0 Å². The molecule has 0 aromatic heterocycles. The summed E-state index contributed by atoms with van der Waals surface area (Å²) >= 11 is 0. The van der Waals surface area contributed by atoms with Gasteiger partial charge in [0.25, 0.3) is 5.91 Å². The van der Waals surface area contributed by atoms with Crippen molar-refractivity contribution in [2.75, 3.05) is 58.9 Å². The van der Waals surface area contributed by atoms with E-state index in [2.05, 4.69) is 5.32 Å². The van der Waals surface area contributed by atoms with Crippen LogP contribution in [0.1, 0.15) is 6.92 Å². The van der Waals surface area contributed by atoms with Crippen LogP contribution in [0.3, 0.4) is 0 Å². The zero-order chi connectivity index (χ0) is 21.3. The lowest BCUT2D eigenvalue weighted by molar-refractivity contribution is -1.02. The van der Waals surface area contributed by atoms with E-state index in [0.29, 0.717) is 6.61 Å². The highest BCUT2D eigenvalue weighted by Gasteiger charge is 2.30. The number of carbonyl (C=O) groups excluding carboxylic acids is 1. The standard InChI is InChI=1S/C23H31N3O4/c1-18(23(27)24-19-4-6-20(28-2)7-5-19)26-14-12-25(13-15-26)16-17-30-22-10-8-21(29-3)9-11-22/h4-11,18H,12-17H2,1-3H3,(H,24,27)/p+2/t18-/m1/s1. The van der Waals surface area contributed by atoms with Crippen molar-refractivity contribution in [3.8, 4) is 17.2 Å². The Morgan fingerprint density at radius 1 is 0.900 bits per heavy atom. The van der Waals surface area contributed by atoms with Gasteiger partial charge in [-0.3, -0.25) is 4.79 Å². The van der Waals surface area contributed by atoms with E-state index in [1.54, 1.807) is 14.2 Å². The first-order valence-corrected chi connectivity index (χ1v) is 10.5. The number of quaternary nitrogens is 2. The number of rotatable bonds is 9. The topological polar surface area (TPSA) is 65.7 Å². The van der Waals surface area contributed by atoms with E-state index in [1.807, 2.05) is 55.5 Å². The first-order chi connectivity index (χ1) is 14.6. The Kier molecular flexibility index (Phi) is 7.93. The molecule has 0 unspecified atom stereocenters. The second-order valence-corrected chi connectivity index (χ2v) is 7.62. The van der Waals surface area contributed by atoms with Crippen LogP contribution in [0.25, 0.3) is 0 Å². The van der Waals surface area contributed by atoms with Gasteiger partial charge in [-0.1, -0.05) is 0 Å². The molecule has 3 N–H and O–H groups in total. The molecule has 7 nitrogen and oxygen atoms in total. The summed E-state index contributed by atoms with van der Waals surface area (Å²) in [6, 6.07) is 15.0. The van der Waals surface area contributed by atoms with Crippen LogP contribution < -0.4 is 29.3 Å². The van der Waals surface area contributed by atoms with Crippen LogP contribution >= 0.6 is 0 Å². The summed E-state index contributed by atoms with van der Waals surface area (Å²) in [7, 11) is 3.29. The predicted octanol–water partition coefficient (Wildman–Crippen LogP) is -0.107. The van der Waals surface area contributed by atoms with Crippen molar-refractivity contribution in [1.82, 2.24) is 0 Å². The fourth-order valence-corrected chi connectivity index (χ4v) is 3.70. The van der Waals surface area contributed by atoms with Gasteiger partial charge in [0.2, 0.25) is 0 Å². The Morgan fingerprint density at radius 3 is 2.00 bits per heavy atom. The zero-order valence-corrected chi connectivity index (χ0v) is 18.1. The van der Waals surface area contributed by atoms with Gasteiger partial charge in [-0.2, -0.15) is 0 Å². The van der Waals surface area contributed by atoms with Gasteiger partial charge < -0.3 is 29.3 Å². The smallest absolute Gasteiger partial charge is 0.282 e. The number of methoxy groups -OCH3 is 2. The molecule has 7 heteroatoms. The largest absolute Gasteiger partial charge is 0.497 e.